The van der Waals surface area contributed by atoms with Crippen molar-refractivity contribution < 1.29 is 13.9 Å². The summed E-state index contributed by atoms with van der Waals surface area (Å²) in [5.74, 6) is -0.845. The number of rotatable bonds is 7. The number of nitrogens with zero attached hydrogens (tertiary/aromatic N) is 2. The molecule has 0 aliphatic rings. The Labute approximate surface area is 162 Å². The van der Waals surface area contributed by atoms with Gasteiger partial charge in [0.05, 0.1) is 29.9 Å². The van der Waals surface area contributed by atoms with Crippen LogP contribution in [-0.4, -0.2) is 21.6 Å². The number of benzene rings is 2. The van der Waals surface area contributed by atoms with Crippen LogP contribution in [0.5, 0.6) is 0 Å². The lowest BCUT2D eigenvalue weighted by Gasteiger charge is -2.10. The minimum Gasteiger partial charge on any atom is -0.374 e. The number of carbonyl (C=O) groups excluding carboxylic acids is 1. The molecule has 0 fully saturated rings. The van der Waals surface area contributed by atoms with Crippen molar-refractivity contribution in [3.05, 3.63) is 76.1 Å². The molecule has 0 saturated carbocycles. The van der Waals surface area contributed by atoms with Gasteiger partial charge in [-0.15, -0.1) is 0 Å². The molecule has 1 aromatic heterocycles. The topological polar surface area (TPSA) is 73.2 Å². The summed E-state index contributed by atoms with van der Waals surface area (Å²) in [5.41, 5.74) is 1.94. The van der Waals surface area contributed by atoms with Gasteiger partial charge in [-0.05, 0) is 43.2 Å². The molecule has 0 aliphatic heterocycles. The fraction of sp³-hybridized carbons (Fsp3) is 0.286. The van der Waals surface area contributed by atoms with E-state index < -0.39 is 11.4 Å². The normalized spacial score (nSPS) is 11.1. The van der Waals surface area contributed by atoms with Gasteiger partial charge in [-0.1, -0.05) is 24.3 Å². The fourth-order valence-corrected chi connectivity index (χ4v) is 2.67. The molecular weight excluding hydrogens is 361 g/mol. The summed E-state index contributed by atoms with van der Waals surface area (Å²) in [5, 5.41) is 2.92. The first-order chi connectivity index (χ1) is 13.4. The van der Waals surface area contributed by atoms with Gasteiger partial charge in [-0.25, -0.2) is 9.37 Å². The van der Waals surface area contributed by atoms with Crippen LogP contribution in [-0.2, 0) is 29.2 Å². The molecule has 2 aromatic carbocycles. The van der Waals surface area contributed by atoms with Gasteiger partial charge in [-0.3, -0.25) is 14.2 Å². The lowest BCUT2D eigenvalue weighted by atomic mass is 10.1. The second kappa shape index (κ2) is 8.75. The molecule has 28 heavy (non-hydrogen) atoms. The third-order valence-corrected chi connectivity index (χ3v) is 4.20. The van der Waals surface area contributed by atoms with Gasteiger partial charge in [0.1, 0.15) is 12.4 Å². The molecule has 0 radical (unpaired) electrons. The van der Waals surface area contributed by atoms with E-state index >= 15 is 0 Å². The zero-order valence-electron chi connectivity index (χ0n) is 15.8. The molecule has 0 atom stereocenters. The first-order valence-electron chi connectivity index (χ1n) is 9.03. The first kappa shape index (κ1) is 19.7. The first-order valence-corrected chi connectivity index (χ1v) is 9.03. The summed E-state index contributed by atoms with van der Waals surface area (Å²) in [7, 11) is 0. The lowest BCUT2D eigenvalue weighted by molar-refractivity contribution is -0.121. The Kier molecular flexibility index (Phi) is 6.16. The van der Waals surface area contributed by atoms with Crippen molar-refractivity contribution >= 4 is 16.8 Å². The molecular formula is C21H22FN3O3. The van der Waals surface area contributed by atoms with E-state index in [0.717, 1.165) is 17.2 Å². The zero-order chi connectivity index (χ0) is 20.1. The van der Waals surface area contributed by atoms with E-state index in [0.29, 0.717) is 18.7 Å². The molecule has 0 bridgehead atoms. The Morgan fingerprint density at radius 2 is 1.89 bits per heavy atom. The van der Waals surface area contributed by atoms with Crippen LogP contribution in [0.15, 0.2) is 53.6 Å². The third kappa shape index (κ3) is 5.01. The summed E-state index contributed by atoms with van der Waals surface area (Å²) in [6.45, 7) is 4.67. The van der Waals surface area contributed by atoms with Crippen LogP contribution in [0.4, 0.5) is 4.39 Å². The average molecular weight is 383 g/mol. The highest BCUT2D eigenvalue weighted by molar-refractivity contribution is 5.79. The maximum atomic E-state index is 13.4. The Bertz CT molecular complexity index is 1030. The van der Waals surface area contributed by atoms with E-state index in [2.05, 4.69) is 10.3 Å². The van der Waals surface area contributed by atoms with Gasteiger partial charge in [-0.2, -0.15) is 0 Å². The Hall–Kier alpha value is -3.06. The van der Waals surface area contributed by atoms with E-state index in [1.165, 1.54) is 23.0 Å². The number of fused-ring (bicyclic) bond motifs is 1. The maximum Gasteiger partial charge on any atom is 0.261 e. The molecule has 0 saturated heterocycles. The van der Waals surface area contributed by atoms with Crippen LogP contribution in [0.1, 0.15) is 25.0 Å². The zero-order valence-corrected chi connectivity index (χ0v) is 15.8. The monoisotopic (exact) mass is 383 g/mol. The fourth-order valence-electron chi connectivity index (χ4n) is 2.67. The smallest absolute Gasteiger partial charge is 0.261 e. The number of ether oxygens (including phenoxy) is 1. The van der Waals surface area contributed by atoms with Crippen molar-refractivity contribution in [3.8, 4) is 0 Å². The van der Waals surface area contributed by atoms with Crippen LogP contribution in [0.25, 0.3) is 10.9 Å². The highest BCUT2D eigenvalue weighted by Gasteiger charge is 2.09. The molecule has 0 spiro atoms. The molecule has 0 unspecified atom stereocenters. The summed E-state index contributed by atoms with van der Waals surface area (Å²) in [4.78, 5) is 28.7. The summed E-state index contributed by atoms with van der Waals surface area (Å²) in [6.07, 6.45) is 1.47. The molecule has 3 aromatic rings. The molecule has 146 valence electrons. The Morgan fingerprint density at radius 1 is 1.18 bits per heavy atom. The van der Waals surface area contributed by atoms with Crippen molar-refractivity contribution in [2.24, 2.45) is 0 Å². The average Bonchev–Trinajstić information content (AvgIpc) is 2.68. The molecule has 3 rings (SSSR count). The van der Waals surface area contributed by atoms with Gasteiger partial charge in [0.2, 0.25) is 5.91 Å². The van der Waals surface area contributed by atoms with Crippen molar-refractivity contribution in [3.63, 3.8) is 0 Å². The SMILES string of the molecule is CC(C)OCc1ccc(CNC(=O)Cn2cnc3ccc(F)cc3c2=O)cc1. The number of aromatic nitrogens is 2. The summed E-state index contributed by atoms with van der Waals surface area (Å²) in [6, 6.07) is 11.6. The second-order valence-corrected chi connectivity index (χ2v) is 6.79. The highest BCUT2D eigenvalue weighted by atomic mass is 19.1. The lowest BCUT2D eigenvalue weighted by Crippen LogP contribution is -2.32. The van der Waals surface area contributed by atoms with Crippen molar-refractivity contribution in [2.75, 3.05) is 0 Å². The Morgan fingerprint density at radius 3 is 2.61 bits per heavy atom. The standard InChI is InChI=1S/C21H22FN3O3/c1-14(2)28-12-16-5-3-15(4-6-16)10-23-20(26)11-25-13-24-19-8-7-17(22)9-18(19)21(25)27/h3-9,13-14H,10-12H2,1-2H3,(H,23,26). The predicted octanol–water partition coefficient (Wildman–Crippen LogP) is 2.78. The van der Waals surface area contributed by atoms with Crippen molar-refractivity contribution in [1.82, 2.24) is 14.9 Å². The van der Waals surface area contributed by atoms with Crippen LogP contribution < -0.4 is 10.9 Å². The molecule has 7 heteroatoms. The van der Waals surface area contributed by atoms with Crippen LogP contribution in [0.3, 0.4) is 0 Å². The van der Waals surface area contributed by atoms with E-state index in [9.17, 15) is 14.0 Å². The van der Waals surface area contributed by atoms with Gasteiger partial charge in [0, 0.05) is 6.54 Å². The number of carbonyl (C=O) groups is 1. The minimum atomic E-state index is -0.518. The minimum absolute atomic E-state index is 0.148. The van der Waals surface area contributed by atoms with Gasteiger partial charge < -0.3 is 10.1 Å². The molecule has 6 nitrogen and oxygen atoms in total. The van der Waals surface area contributed by atoms with Gasteiger partial charge in [0.25, 0.3) is 5.56 Å². The van der Waals surface area contributed by atoms with Crippen molar-refractivity contribution in [2.45, 2.75) is 39.6 Å². The number of hydrogen-bond donors (Lipinski definition) is 1. The number of nitrogens with one attached hydrogen (secondary N) is 1. The quantitative estimate of drug-likeness (QED) is 0.681. The summed E-state index contributed by atoms with van der Waals surface area (Å²) < 4.78 is 20.1. The number of hydrogen-bond acceptors (Lipinski definition) is 4. The number of halogens is 1. The van der Waals surface area contributed by atoms with Crippen molar-refractivity contribution in [1.29, 1.82) is 0 Å². The maximum absolute atomic E-state index is 13.4. The van der Waals surface area contributed by atoms with E-state index in [1.54, 1.807) is 0 Å². The highest BCUT2D eigenvalue weighted by Crippen LogP contribution is 2.09. The number of amides is 1. The van der Waals surface area contributed by atoms with Gasteiger partial charge >= 0.3 is 0 Å². The van der Waals surface area contributed by atoms with Gasteiger partial charge in [0.15, 0.2) is 0 Å². The molecule has 1 N–H and O–H groups in total. The largest absolute Gasteiger partial charge is 0.374 e. The van der Waals surface area contributed by atoms with E-state index in [4.69, 9.17) is 4.74 Å². The van der Waals surface area contributed by atoms with E-state index in [1.807, 2.05) is 38.1 Å². The molecule has 1 heterocycles. The second-order valence-electron chi connectivity index (χ2n) is 6.79. The molecule has 1 amide bonds. The Balaban J connectivity index is 1.59. The van der Waals surface area contributed by atoms with Crippen LogP contribution in [0.2, 0.25) is 0 Å². The van der Waals surface area contributed by atoms with Crippen LogP contribution >= 0.6 is 0 Å². The molecule has 0 aliphatic carbocycles. The third-order valence-electron chi connectivity index (χ3n) is 4.20. The van der Waals surface area contributed by atoms with E-state index in [-0.39, 0.29) is 23.9 Å². The summed E-state index contributed by atoms with van der Waals surface area (Å²) >= 11 is 0. The predicted molar refractivity (Wildman–Crippen MR) is 104 cm³/mol. The van der Waals surface area contributed by atoms with Crippen LogP contribution in [0, 0.1) is 5.82 Å².